The second-order valence-corrected chi connectivity index (χ2v) is 7.14. The second-order valence-electron chi connectivity index (χ2n) is 5.30. The van der Waals surface area contributed by atoms with E-state index >= 15 is 0 Å². The van der Waals surface area contributed by atoms with Gasteiger partial charge in [0.2, 0.25) is 0 Å². The molecule has 1 nitrogen and oxygen atoms in total. The van der Waals surface area contributed by atoms with E-state index in [1.54, 1.807) is 11.8 Å². The van der Waals surface area contributed by atoms with Gasteiger partial charge in [-0.05, 0) is 12.6 Å². The van der Waals surface area contributed by atoms with Gasteiger partial charge < -0.3 is 5.32 Å². The summed E-state index contributed by atoms with van der Waals surface area (Å²) in [5, 5.41) is 3.11. The quantitative estimate of drug-likeness (QED) is 0.812. The van der Waals surface area contributed by atoms with Crippen LogP contribution < -0.4 is 5.32 Å². The minimum atomic E-state index is -1.40. The first-order valence-corrected chi connectivity index (χ1v) is 7.25. The standard InChI is InChI=1S/C14H20F3NS/c1-5-18-11(8-19-14(2,3)4)9-6-7-10(15)13(17)12(9)16/h6-7,11,18H,5,8H2,1-4H3. The van der Waals surface area contributed by atoms with Gasteiger partial charge in [-0.1, -0.05) is 33.8 Å². The van der Waals surface area contributed by atoms with Crippen molar-refractivity contribution in [3.8, 4) is 0 Å². The predicted octanol–water partition coefficient (Wildman–Crippen LogP) is 4.29. The lowest BCUT2D eigenvalue weighted by Gasteiger charge is -2.24. The van der Waals surface area contributed by atoms with Crippen LogP contribution in [0.1, 0.15) is 39.3 Å². The molecule has 5 heteroatoms. The Morgan fingerprint density at radius 1 is 1.16 bits per heavy atom. The predicted molar refractivity (Wildman–Crippen MR) is 74.9 cm³/mol. The lowest BCUT2D eigenvalue weighted by molar-refractivity contribution is 0.431. The topological polar surface area (TPSA) is 12.0 Å². The molecule has 0 amide bonds. The number of hydrogen-bond acceptors (Lipinski definition) is 2. The maximum Gasteiger partial charge on any atom is 0.194 e. The molecule has 108 valence electrons. The minimum Gasteiger partial charge on any atom is -0.309 e. The Hall–Kier alpha value is -0.680. The maximum absolute atomic E-state index is 13.8. The summed E-state index contributed by atoms with van der Waals surface area (Å²) in [7, 11) is 0. The number of halogens is 3. The first-order chi connectivity index (χ1) is 8.76. The van der Waals surface area contributed by atoms with Crippen LogP contribution in [0.25, 0.3) is 0 Å². The molecule has 0 spiro atoms. The monoisotopic (exact) mass is 291 g/mol. The highest BCUT2D eigenvalue weighted by atomic mass is 32.2. The van der Waals surface area contributed by atoms with Crippen molar-refractivity contribution in [2.24, 2.45) is 0 Å². The van der Waals surface area contributed by atoms with Crippen LogP contribution in [0.5, 0.6) is 0 Å². The summed E-state index contributed by atoms with van der Waals surface area (Å²) in [6.45, 7) is 8.70. The molecule has 1 atom stereocenters. The van der Waals surface area contributed by atoms with Crippen LogP contribution in [0, 0.1) is 17.5 Å². The van der Waals surface area contributed by atoms with Gasteiger partial charge in [-0.25, -0.2) is 13.2 Å². The Labute approximate surface area is 117 Å². The summed E-state index contributed by atoms with van der Waals surface area (Å²) in [4.78, 5) is 0. The third-order valence-electron chi connectivity index (χ3n) is 2.57. The summed E-state index contributed by atoms with van der Waals surface area (Å²) < 4.78 is 40.0. The van der Waals surface area contributed by atoms with Gasteiger partial charge in [-0.3, -0.25) is 0 Å². The van der Waals surface area contributed by atoms with Crippen LogP contribution in [-0.4, -0.2) is 17.0 Å². The summed E-state index contributed by atoms with van der Waals surface area (Å²) in [6.07, 6.45) is 0. The normalized spacial score (nSPS) is 13.6. The van der Waals surface area contributed by atoms with Crippen molar-refractivity contribution in [2.75, 3.05) is 12.3 Å². The van der Waals surface area contributed by atoms with Gasteiger partial charge in [0.05, 0.1) is 0 Å². The molecule has 0 fully saturated rings. The number of hydrogen-bond donors (Lipinski definition) is 1. The highest BCUT2D eigenvalue weighted by Crippen LogP contribution is 2.30. The third-order valence-corrected chi connectivity index (χ3v) is 3.94. The van der Waals surface area contributed by atoms with Crippen LogP contribution in [-0.2, 0) is 0 Å². The molecule has 1 unspecified atom stereocenters. The Morgan fingerprint density at radius 3 is 2.32 bits per heavy atom. The molecule has 0 radical (unpaired) electrons. The molecular formula is C14H20F3NS. The van der Waals surface area contributed by atoms with E-state index in [1.807, 2.05) is 6.92 Å². The van der Waals surface area contributed by atoms with Crippen molar-refractivity contribution in [3.63, 3.8) is 0 Å². The molecule has 0 saturated carbocycles. The maximum atomic E-state index is 13.8. The van der Waals surface area contributed by atoms with E-state index in [-0.39, 0.29) is 16.4 Å². The number of rotatable bonds is 5. The molecule has 0 heterocycles. The van der Waals surface area contributed by atoms with Crippen molar-refractivity contribution >= 4 is 11.8 Å². The molecule has 0 aliphatic heterocycles. The van der Waals surface area contributed by atoms with Gasteiger partial charge in [-0.2, -0.15) is 11.8 Å². The highest BCUT2D eigenvalue weighted by molar-refractivity contribution is 8.00. The van der Waals surface area contributed by atoms with Gasteiger partial charge in [0.15, 0.2) is 17.5 Å². The first-order valence-electron chi connectivity index (χ1n) is 6.27. The number of nitrogens with one attached hydrogen (secondary N) is 1. The van der Waals surface area contributed by atoms with E-state index in [4.69, 9.17) is 0 Å². The van der Waals surface area contributed by atoms with Crippen molar-refractivity contribution in [2.45, 2.75) is 38.5 Å². The van der Waals surface area contributed by atoms with Crippen LogP contribution >= 0.6 is 11.8 Å². The molecule has 0 bridgehead atoms. The van der Waals surface area contributed by atoms with E-state index in [9.17, 15) is 13.2 Å². The van der Waals surface area contributed by atoms with Crippen molar-refractivity contribution in [1.29, 1.82) is 0 Å². The first kappa shape index (κ1) is 16.4. The van der Waals surface area contributed by atoms with Crippen LogP contribution in [0.4, 0.5) is 13.2 Å². The van der Waals surface area contributed by atoms with Crippen molar-refractivity contribution in [1.82, 2.24) is 5.32 Å². The van der Waals surface area contributed by atoms with Gasteiger partial charge in [0, 0.05) is 22.1 Å². The van der Waals surface area contributed by atoms with Crippen molar-refractivity contribution < 1.29 is 13.2 Å². The van der Waals surface area contributed by atoms with Crippen LogP contribution in [0.3, 0.4) is 0 Å². The zero-order valence-corrected chi connectivity index (χ0v) is 12.5. The Kier molecular flexibility index (Phi) is 5.74. The SMILES string of the molecule is CCNC(CSC(C)(C)C)c1ccc(F)c(F)c1F. The van der Waals surface area contributed by atoms with Gasteiger partial charge in [-0.15, -0.1) is 0 Å². The molecule has 0 aromatic heterocycles. The minimum absolute atomic E-state index is 0.0305. The summed E-state index contributed by atoms with van der Waals surface area (Å²) >= 11 is 1.65. The Balaban J connectivity index is 2.96. The molecule has 1 rings (SSSR count). The molecule has 0 aliphatic carbocycles. The molecule has 0 saturated heterocycles. The zero-order chi connectivity index (χ0) is 14.6. The highest BCUT2D eigenvalue weighted by Gasteiger charge is 2.22. The third kappa shape index (κ3) is 4.73. The van der Waals surface area contributed by atoms with Gasteiger partial charge in [0.1, 0.15) is 0 Å². The van der Waals surface area contributed by atoms with Gasteiger partial charge in [0.25, 0.3) is 0 Å². The van der Waals surface area contributed by atoms with Gasteiger partial charge >= 0.3 is 0 Å². The average molecular weight is 291 g/mol. The summed E-state index contributed by atoms with van der Waals surface area (Å²) in [6, 6.07) is 1.95. The molecule has 19 heavy (non-hydrogen) atoms. The molecular weight excluding hydrogens is 271 g/mol. The Morgan fingerprint density at radius 2 is 1.79 bits per heavy atom. The molecule has 1 aromatic rings. The molecule has 1 aromatic carbocycles. The van der Waals surface area contributed by atoms with Crippen LogP contribution in [0.2, 0.25) is 0 Å². The Bertz CT molecular complexity index is 429. The lowest BCUT2D eigenvalue weighted by atomic mass is 10.1. The lowest BCUT2D eigenvalue weighted by Crippen LogP contribution is -2.26. The van der Waals surface area contributed by atoms with E-state index in [1.165, 1.54) is 6.07 Å². The van der Waals surface area contributed by atoms with Crippen molar-refractivity contribution in [3.05, 3.63) is 35.1 Å². The molecule has 0 aliphatic rings. The fourth-order valence-corrected chi connectivity index (χ4v) is 2.61. The van der Waals surface area contributed by atoms with E-state index in [0.717, 1.165) is 6.07 Å². The number of thioether (sulfide) groups is 1. The smallest absolute Gasteiger partial charge is 0.194 e. The second kappa shape index (κ2) is 6.66. The van der Waals surface area contributed by atoms with E-state index in [2.05, 4.69) is 26.1 Å². The summed E-state index contributed by atoms with van der Waals surface area (Å²) in [5.41, 5.74) is 0.178. The zero-order valence-electron chi connectivity index (χ0n) is 11.7. The number of benzene rings is 1. The van der Waals surface area contributed by atoms with E-state index < -0.39 is 17.5 Å². The molecule has 1 N–H and O–H groups in total. The fourth-order valence-electron chi connectivity index (χ4n) is 1.65. The average Bonchev–Trinajstić information content (AvgIpc) is 2.31. The summed E-state index contributed by atoms with van der Waals surface area (Å²) in [5.74, 6) is -3.05. The van der Waals surface area contributed by atoms with E-state index in [0.29, 0.717) is 12.3 Å². The largest absolute Gasteiger partial charge is 0.309 e. The fraction of sp³-hybridized carbons (Fsp3) is 0.571. The van der Waals surface area contributed by atoms with Crippen LogP contribution in [0.15, 0.2) is 12.1 Å².